The summed E-state index contributed by atoms with van der Waals surface area (Å²) in [6.07, 6.45) is 6.04. The van der Waals surface area contributed by atoms with Crippen LogP contribution < -0.4 is 5.56 Å². The number of aromatic amines is 1. The fraction of sp³-hybridized carbons (Fsp3) is 0.316. The van der Waals surface area contributed by atoms with Crippen molar-refractivity contribution in [1.29, 1.82) is 0 Å². The fourth-order valence-electron chi connectivity index (χ4n) is 2.82. The molecule has 0 aliphatic carbocycles. The van der Waals surface area contributed by atoms with Crippen LogP contribution in [0, 0.1) is 6.92 Å². The van der Waals surface area contributed by atoms with Gasteiger partial charge in [-0.15, -0.1) is 0 Å². The first-order valence-electron chi connectivity index (χ1n) is 8.28. The minimum Gasteiger partial charge on any atom is -0.311 e. The first kappa shape index (κ1) is 16.2. The van der Waals surface area contributed by atoms with Crippen LogP contribution in [-0.4, -0.2) is 19.7 Å². The van der Waals surface area contributed by atoms with Crippen molar-refractivity contribution in [3.05, 3.63) is 75.6 Å². The Hall–Kier alpha value is -2.69. The van der Waals surface area contributed by atoms with Gasteiger partial charge in [0.2, 0.25) is 0 Å². The summed E-state index contributed by atoms with van der Waals surface area (Å²) in [5.41, 5.74) is 3.55. The molecule has 0 spiro atoms. The highest BCUT2D eigenvalue weighted by Gasteiger charge is 2.12. The molecule has 3 rings (SSSR count). The van der Waals surface area contributed by atoms with Crippen molar-refractivity contribution in [2.24, 2.45) is 0 Å². The molecule has 1 atom stereocenters. The molecule has 0 saturated heterocycles. The van der Waals surface area contributed by atoms with Crippen molar-refractivity contribution < 1.29 is 0 Å². The summed E-state index contributed by atoms with van der Waals surface area (Å²) < 4.78 is 1.65. The second kappa shape index (κ2) is 6.83. The number of aryl methyl sites for hydroxylation is 2. The Labute approximate surface area is 141 Å². The maximum absolute atomic E-state index is 11.6. The fourth-order valence-corrected chi connectivity index (χ4v) is 2.82. The predicted molar refractivity (Wildman–Crippen MR) is 94.7 cm³/mol. The van der Waals surface area contributed by atoms with Crippen LogP contribution in [0.25, 0.3) is 5.82 Å². The topological polar surface area (TPSA) is 63.6 Å². The lowest BCUT2D eigenvalue weighted by Crippen LogP contribution is -2.12. The molecule has 124 valence electrons. The second-order valence-corrected chi connectivity index (χ2v) is 6.12. The normalized spacial score (nSPS) is 12.3. The molecule has 5 heteroatoms. The number of hydrogen-bond donors (Lipinski definition) is 1. The molecule has 0 aliphatic rings. The van der Waals surface area contributed by atoms with Gasteiger partial charge in [-0.1, -0.05) is 44.5 Å². The van der Waals surface area contributed by atoms with Crippen LogP contribution in [0.1, 0.15) is 48.7 Å². The first-order valence-corrected chi connectivity index (χ1v) is 8.28. The summed E-state index contributed by atoms with van der Waals surface area (Å²) in [5.74, 6) is 1.35. The van der Waals surface area contributed by atoms with E-state index in [1.165, 1.54) is 17.2 Å². The van der Waals surface area contributed by atoms with Crippen molar-refractivity contribution in [3.8, 4) is 5.82 Å². The van der Waals surface area contributed by atoms with Crippen LogP contribution in [0.3, 0.4) is 0 Å². The van der Waals surface area contributed by atoms with Crippen molar-refractivity contribution in [1.82, 2.24) is 19.7 Å². The Morgan fingerprint density at radius 3 is 2.62 bits per heavy atom. The van der Waals surface area contributed by atoms with Crippen LogP contribution in [0.2, 0.25) is 0 Å². The van der Waals surface area contributed by atoms with Gasteiger partial charge in [0.1, 0.15) is 5.82 Å². The number of rotatable bonds is 5. The molecule has 1 aromatic carbocycles. The van der Waals surface area contributed by atoms with Gasteiger partial charge >= 0.3 is 0 Å². The van der Waals surface area contributed by atoms with Gasteiger partial charge in [-0.2, -0.15) is 5.10 Å². The summed E-state index contributed by atoms with van der Waals surface area (Å²) in [4.78, 5) is 18.6. The van der Waals surface area contributed by atoms with Gasteiger partial charge in [-0.25, -0.2) is 9.67 Å². The maximum atomic E-state index is 11.6. The zero-order valence-electron chi connectivity index (χ0n) is 14.3. The quantitative estimate of drug-likeness (QED) is 0.783. The lowest BCUT2D eigenvalue weighted by molar-refractivity contribution is 0.820. The highest BCUT2D eigenvalue weighted by Crippen LogP contribution is 2.24. The summed E-state index contributed by atoms with van der Waals surface area (Å²) in [6.45, 7) is 6.11. The molecule has 2 aromatic heterocycles. The van der Waals surface area contributed by atoms with Crippen LogP contribution in [0.15, 0.2) is 47.5 Å². The third-order valence-electron chi connectivity index (χ3n) is 4.20. The van der Waals surface area contributed by atoms with Crippen LogP contribution in [0.5, 0.6) is 0 Å². The second-order valence-electron chi connectivity index (χ2n) is 6.12. The molecule has 3 aromatic rings. The van der Waals surface area contributed by atoms with Gasteiger partial charge in [0.05, 0.1) is 6.20 Å². The Balaban J connectivity index is 1.85. The molecule has 1 N–H and O–H groups in total. The number of nitrogens with zero attached hydrogens (tertiary/aromatic N) is 3. The molecule has 0 bridgehead atoms. The summed E-state index contributed by atoms with van der Waals surface area (Å²) in [5, 5.41) is 4.36. The van der Waals surface area contributed by atoms with Crippen molar-refractivity contribution in [2.45, 2.75) is 39.5 Å². The van der Waals surface area contributed by atoms with Gasteiger partial charge in [0.15, 0.2) is 5.82 Å². The highest BCUT2D eigenvalue weighted by molar-refractivity contribution is 5.33. The van der Waals surface area contributed by atoms with Gasteiger partial charge in [0, 0.05) is 18.2 Å². The highest BCUT2D eigenvalue weighted by atomic mass is 16.1. The third kappa shape index (κ3) is 3.45. The van der Waals surface area contributed by atoms with Crippen molar-refractivity contribution in [3.63, 3.8) is 0 Å². The Morgan fingerprint density at radius 2 is 1.96 bits per heavy atom. The van der Waals surface area contributed by atoms with E-state index >= 15 is 0 Å². The van der Waals surface area contributed by atoms with Gasteiger partial charge in [0.25, 0.3) is 5.56 Å². The van der Waals surface area contributed by atoms with E-state index in [1.54, 1.807) is 11.6 Å². The zero-order valence-corrected chi connectivity index (χ0v) is 14.3. The number of H-pyrrole nitrogens is 1. The molecule has 0 amide bonds. The van der Waals surface area contributed by atoms with E-state index < -0.39 is 0 Å². The molecule has 0 saturated carbocycles. The average molecular weight is 322 g/mol. The van der Waals surface area contributed by atoms with E-state index in [2.05, 4.69) is 53.2 Å². The number of hydrogen-bond acceptors (Lipinski definition) is 3. The predicted octanol–water partition coefficient (Wildman–Crippen LogP) is 3.37. The standard InChI is InChI=1S/C19H22N4O/c1-4-5-15-6-8-16(9-7-15)13(2)17-11-20-23(12-17)18-10-19(24)22-14(3)21-18/h6-13H,4-5H2,1-3H3,(H,21,22,24). The summed E-state index contributed by atoms with van der Waals surface area (Å²) in [6, 6.07) is 10.2. The summed E-state index contributed by atoms with van der Waals surface area (Å²) >= 11 is 0. The molecule has 5 nitrogen and oxygen atoms in total. The van der Waals surface area contributed by atoms with E-state index in [0.29, 0.717) is 11.6 Å². The SMILES string of the molecule is CCCc1ccc(C(C)c2cnn(-c3cc(=O)[nH]c(C)n3)c2)cc1. The van der Waals surface area contributed by atoms with E-state index in [9.17, 15) is 4.79 Å². The Morgan fingerprint density at radius 1 is 1.21 bits per heavy atom. The van der Waals surface area contributed by atoms with E-state index in [1.807, 2.05) is 12.4 Å². The molecule has 1 unspecified atom stereocenters. The van der Waals surface area contributed by atoms with Crippen LogP contribution in [0.4, 0.5) is 0 Å². The van der Waals surface area contributed by atoms with E-state index in [4.69, 9.17) is 0 Å². The lowest BCUT2D eigenvalue weighted by atomic mass is 9.94. The smallest absolute Gasteiger partial charge is 0.253 e. The van der Waals surface area contributed by atoms with Crippen LogP contribution >= 0.6 is 0 Å². The molecule has 2 heterocycles. The third-order valence-corrected chi connectivity index (χ3v) is 4.20. The van der Waals surface area contributed by atoms with Crippen molar-refractivity contribution in [2.75, 3.05) is 0 Å². The van der Waals surface area contributed by atoms with Gasteiger partial charge in [-0.3, -0.25) is 4.79 Å². The number of nitrogens with one attached hydrogen (secondary N) is 1. The lowest BCUT2D eigenvalue weighted by Gasteiger charge is -2.10. The molecule has 24 heavy (non-hydrogen) atoms. The van der Waals surface area contributed by atoms with Gasteiger partial charge in [-0.05, 0) is 30.0 Å². The average Bonchev–Trinajstić information content (AvgIpc) is 3.04. The largest absolute Gasteiger partial charge is 0.311 e. The van der Waals surface area contributed by atoms with E-state index in [-0.39, 0.29) is 11.5 Å². The molecule has 0 radical (unpaired) electrons. The monoisotopic (exact) mass is 322 g/mol. The number of benzene rings is 1. The van der Waals surface area contributed by atoms with Crippen LogP contribution in [-0.2, 0) is 6.42 Å². The molecular weight excluding hydrogens is 300 g/mol. The first-order chi connectivity index (χ1) is 11.6. The van der Waals surface area contributed by atoms with Crippen molar-refractivity contribution >= 4 is 0 Å². The molecule has 0 aliphatic heterocycles. The minimum atomic E-state index is -0.172. The number of aromatic nitrogens is 4. The van der Waals surface area contributed by atoms with Gasteiger partial charge < -0.3 is 4.98 Å². The Bertz CT molecular complexity index is 877. The summed E-state index contributed by atoms with van der Waals surface area (Å²) in [7, 11) is 0. The molecular formula is C19H22N4O. The zero-order chi connectivity index (χ0) is 17.1. The Kier molecular flexibility index (Phi) is 4.60. The van der Waals surface area contributed by atoms with E-state index in [0.717, 1.165) is 18.4 Å². The maximum Gasteiger partial charge on any atom is 0.253 e. The molecule has 0 fully saturated rings. The minimum absolute atomic E-state index is 0.172.